The summed E-state index contributed by atoms with van der Waals surface area (Å²) < 4.78 is 0. The Bertz CT molecular complexity index is 323. The average molecular weight is 263 g/mol. The summed E-state index contributed by atoms with van der Waals surface area (Å²) in [5.74, 6) is 0.671. The first-order valence-corrected chi connectivity index (χ1v) is 7.95. The second-order valence-electron chi connectivity index (χ2n) is 7.12. The van der Waals surface area contributed by atoms with Crippen LogP contribution in [-0.4, -0.2) is 35.6 Å². The lowest BCUT2D eigenvalue weighted by Gasteiger charge is -2.36. The molecule has 108 valence electrons. The highest BCUT2D eigenvalue weighted by Crippen LogP contribution is 2.27. The second kappa shape index (κ2) is 6.24. The Kier molecular flexibility index (Phi) is 4.86. The maximum atomic E-state index is 9.55. The maximum absolute atomic E-state index is 9.55. The molecular weight excluding hydrogens is 234 g/mol. The van der Waals surface area contributed by atoms with E-state index in [1.807, 2.05) is 0 Å². The first-order valence-electron chi connectivity index (χ1n) is 7.95. The van der Waals surface area contributed by atoms with Gasteiger partial charge < -0.3 is 0 Å². The molecule has 2 fully saturated rings. The van der Waals surface area contributed by atoms with Gasteiger partial charge in [-0.05, 0) is 38.5 Å². The fraction of sp³-hybridized carbons (Fsp3) is 0.938. The van der Waals surface area contributed by atoms with Crippen LogP contribution in [0.3, 0.4) is 0 Å². The predicted octanol–water partition coefficient (Wildman–Crippen LogP) is 2.92. The molecule has 0 bridgehead atoms. The smallest absolute Gasteiger partial charge is 0.116 e. The second-order valence-corrected chi connectivity index (χ2v) is 7.12. The summed E-state index contributed by atoms with van der Waals surface area (Å²) in [6.07, 6.45) is 7.84. The number of nitrogens with zero attached hydrogens (tertiary/aromatic N) is 2. The van der Waals surface area contributed by atoms with Gasteiger partial charge in [0, 0.05) is 25.2 Å². The first-order chi connectivity index (χ1) is 9.02. The van der Waals surface area contributed by atoms with Crippen molar-refractivity contribution in [2.45, 2.75) is 76.9 Å². The highest BCUT2D eigenvalue weighted by atomic mass is 15.2. The van der Waals surface area contributed by atoms with Crippen molar-refractivity contribution in [3.8, 4) is 6.07 Å². The van der Waals surface area contributed by atoms with Crippen molar-refractivity contribution in [1.82, 2.24) is 10.2 Å². The van der Waals surface area contributed by atoms with Crippen molar-refractivity contribution in [2.75, 3.05) is 13.1 Å². The monoisotopic (exact) mass is 263 g/mol. The van der Waals surface area contributed by atoms with Gasteiger partial charge in [0.25, 0.3) is 0 Å². The maximum Gasteiger partial charge on any atom is 0.116 e. The summed E-state index contributed by atoms with van der Waals surface area (Å²) in [6.45, 7) is 8.63. The lowest BCUT2D eigenvalue weighted by atomic mass is 10.0. The minimum Gasteiger partial charge on any atom is -0.297 e. The molecule has 0 aromatic carbocycles. The third-order valence-corrected chi connectivity index (χ3v) is 4.31. The molecule has 0 saturated heterocycles. The number of hydrogen-bond donors (Lipinski definition) is 1. The van der Waals surface area contributed by atoms with Crippen molar-refractivity contribution in [3.05, 3.63) is 0 Å². The van der Waals surface area contributed by atoms with Gasteiger partial charge in [-0.1, -0.05) is 26.7 Å². The van der Waals surface area contributed by atoms with Crippen molar-refractivity contribution >= 4 is 0 Å². The van der Waals surface area contributed by atoms with E-state index in [9.17, 15) is 5.26 Å². The van der Waals surface area contributed by atoms with E-state index in [1.165, 1.54) is 38.5 Å². The number of nitriles is 1. The molecule has 1 atom stereocenters. The summed E-state index contributed by atoms with van der Waals surface area (Å²) in [6, 6.07) is 3.82. The van der Waals surface area contributed by atoms with E-state index >= 15 is 0 Å². The van der Waals surface area contributed by atoms with E-state index < -0.39 is 0 Å². The summed E-state index contributed by atoms with van der Waals surface area (Å²) in [4.78, 5) is 2.58. The Morgan fingerprint density at radius 2 is 1.89 bits per heavy atom. The zero-order valence-electron chi connectivity index (χ0n) is 12.8. The van der Waals surface area contributed by atoms with Crippen LogP contribution in [0.2, 0.25) is 0 Å². The summed E-state index contributed by atoms with van der Waals surface area (Å²) in [7, 11) is 0. The molecule has 3 heteroatoms. The Labute approximate surface area is 118 Å². The first kappa shape index (κ1) is 14.8. The molecule has 0 spiro atoms. The quantitative estimate of drug-likeness (QED) is 0.767. The molecular formula is C16H29N3. The van der Waals surface area contributed by atoms with Crippen molar-refractivity contribution in [3.63, 3.8) is 0 Å². The molecule has 0 aromatic rings. The Morgan fingerprint density at radius 1 is 1.26 bits per heavy atom. The predicted molar refractivity (Wildman–Crippen MR) is 78.8 cm³/mol. The molecule has 2 saturated carbocycles. The van der Waals surface area contributed by atoms with Crippen LogP contribution < -0.4 is 5.32 Å². The van der Waals surface area contributed by atoms with Gasteiger partial charge in [0.2, 0.25) is 0 Å². The lowest BCUT2D eigenvalue weighted by Crippen LogP contribution is -2.54. The molecule has 1 N–H and O–H groups in total. The molecule has 0 amide bonds. The van der Waals surface area contributed by atoms with E-state index in [-0.39, 0.29) is 5.54 Å². The van der Waals surface area contributed by atoms with Crippen LogP contribution >= 0.6 is 0 Å². The van der Waals surface area contributed by atoms with Crippen molar-refractivity contribution in [1.29, 1.82) is 5.26 Å². The number of hydrogen-bond acceptors (Lipinski definition) is 3. The molecule has 1 unspecified atom stereocenters. The molecule has 2 aliphatic carbocycles. The van der Waals surface area contributed by atoms with Gasteiger partial charge >= 0.3 is 0 Å². The Hall–Kier alpha value is -0.590. The standard InChI is InChI=1S/C16H29N3/c1-13(2)10-19(15-6-4-5-7-15)12-16(3,11-17)18-14-8-9-14/h13-15,18H,4-10,12H2,1-3H3. The van der Waals surface area contributed by atoms with Crippen LogP contribution in [-0.2, 0) is 0 Å². The molecule has 3 nitrogen and oxygen atoms in total. The van der Waals surface area contributed by atoms with E-state index in [2.05, 4.69) is 37.1 Å². The average Bonchev–Trinajstić information content (AvgIpc) is 2.97. The van der Waals surface area contributed by atoms with Crippen LogP contribution in [0.5, 0.6) is 0 Å². The van der Waals surface area contributed by atoms with Crippen molar-refractivity contribution in [2.24, 2.45) is 5.92 Å². The molecule has 0 radical (unpaired) electrons. The SMILES string of the molecule is CC(C)CN(CC(C)(C#N)NC1CC1)C1CCCC1. The molecule has 2 rings (SSSR count). The van der Waals surface area contributed by atoms with Gasteiger partial charge in [-0.3, -0.25) is 10.2 Å². The minimum absolute atomic E-state index is 0.376. The Balaban J connectivity index is 1.97. The van der Waals surface area contributed by atoms with Gasteiger partial charge in [-0.2, -0.15) is 5.26 Å². The van der Waals surface area contributed by atoms with Crippen LogP contribution in [0.25, 0.3) is 0 Å². The molecule has 2 aliphatic rings. The van der Waals surface area contributed by atoms with Crippen LogP contribution in [0.1, 0.15) is 59.3 Å². The minimum atomic E-state index is -0.376. The van der Waals surface area contributed by atoms with Gasteiger partial charge in [0.1, 0.15) is 5.54 Å². The van der Waals surface area contributed by atoms with Gasteiger partial charge in [-0.15, -0.1) is 0 Å². The zero-order valence-corrected chi connectivity index (χ0v) is 12.8. The fourth-order valence-corrected chi connectivity index (χ4v) is 3.28. The zero-order chi connectivity index (χ0) is 13.9. The summed E-state index contributed by atoms with van der Waals surface area (Å²) in [5.41, 5.74) is -0.376. The highest BCUT2D eigenvalue weighted by molar-refractivity contribution is 5.09. The van der Waals surface area contributed by atoms with E-state index in [0.717, 1.165) is 13.1 Å². The van der Waals surface area contributed by atoms with Crippen LogP contribution in [0, 0.1) is 17.2 Å². The third-order valence-electron chi connectivity index (χ3n) is 4.31. The van der Waals surface area contributed by atoms with Crippen LogP contribution in [0.4, 0.5) is 0 Å². The molecule has 0 aromatic heterocycles. The summed E-state index contributed by atoms with van der Waals surface area (Å²) in [5, 5.41) is 13.1. The number of rotatable bonds is 7. The lowest BCUT2D eigenvalue weighted by molar-refractivity contribution is 0.144. The molecule has 0 heterocycles. The number of nitrogens with one attached hydrogen (secondary N) is 1. The van der Waals surface area contributed by atoms with Gasteiger partial charge in [0.05, 0.1) is 6.07 Å². The van der Waals surface area contributed by atoms with Crippen molar-refractivity contribution < 1.29 is 0 Å². The van der Waals surface area contributed by atoms with Gasteiger partial charge in [0.15, 0.2) is 0 Å². The van der Waals surface area contributed by atoms with Gasteiger partial charge in [-0.25, -0.2) is 0 Å². The van der Waals surface area contributed by atoms with Crippen LogP contribution in [0.15, 0.2) is 0 Å². The topological polar surface area (TPSA) is 39.1 Å². The Morgan fingerprint density at radius 3 is 2.37 bits per heavy atom. The molecule has 19 heavy (non-hydrogen) atoms. The fourth-order valence-electron chi connectivity index (χ4n) is 3.28. The van der Waals surface area contributed by atoms with E-state index in [1.54, 1.807) is 0 Å². The highest BCUT2D eigenvalue weighted by Gasteiger charge is 2.36. The third kappa shape index (κ3) is 4.47. The normalized spacial score (nSPS) is 23.8. The largest absolute Gasteiger partial charge is 0.297 e. The van der Waals surface area contributed by atoms with E-state index in [4.69, 9.17) is 0 Å². The summed E-state index contributed by atoms with van der Waals surface area (Å²) >= 11 is 0. The van der Waals surface area contributed by atoms with E-state index in [0.29, 0.717) is 18.0 Å². The molecule has 0 aliphatic heterocycles.